The van der Waals surface area contributed by atoms with E-state index in [1.165, 1.54) is 12.1 Å². The smallest absolute Gasteiger partial charge is 0.159 e. The highest BCUT2D eigenvalue weighted by molar-refractivity contribution is 5.87. The van der Waals surface area contributed by atoms with Gasteiger partial charge in [-0.3, -0.25) is 4.79 Å². The first-order valence-electron chi connectivity index (χ1n) is 4.82. The first-order chi connectivity index (χ1) is 8.11. The average molecular weight is 236 g/mol. The highest BCUT2D eigenvalue weighted by Crippen LogP contribution is 2.25. The number of hydrogen-bond donors (Lipinski definition) is 0. The Kier molecular flexibility index (Phi) is 2.95. The molecule has 0 saturated heterocycles. The second-order valence-corrected chi connectivity index (χ2v) is 3.48. The zero-order valence-electron chi connectivity index (χ0n) is 8.58. The first-order valence-corrected chi connectivity index (χ1v) is 4.82. The molecule has 0 radical (unpaired) electrons. The van der Waals surface area contributed by atoms with Crippen LogP contribution in [0.2, 0.25) is 0 Å². The molecule has 0 heterocycles. The number of hydrogen-bond acceptors (Lipinski definition) is 1. The Labute approximate surface area is 95.5 Å². The van der Waals surface area contributed by atoms with Crippen LogP contribution in [0, 0.1) is 17.5 Å². The number of halogens is 3. The number of carbonyl (C=O) groups is 1. The second-order valence-electron chi connectivity index (χ2n) is 3.48. The van der Waals surface area contributed by atoms with E-state index in [9.17, 15) is 18.0 Å². The van der Waals surface area contributed by atoms with Crippen LogP contribution in [0.5, 0.6) is 0 Å². The monoisotopic (exact) mass is 236 g/mol. The number of aldehydes is 1. The molecular formula is C13H7F3O. The third-order valence-electron chi connectivity index (χ3n) is 2.37. The van der Waals surface area contributed by atoms with Crippen LogP contribution in [0.4, 0.5) is 13.2 Å². The van der Waals surface area contributed by atoms with Crippen molar-refractivity contribution in [1.82, 2.24) is 0 Å². The zero-order chi connectivity index (χ0) is 12.4. The summed E-state index contributed by atoms with van der Waals surface area (Å²) in [6.07, 6.45) is 0.538. The summed E-state index contributed by atoms with van der Waals surface area (Å²) >= 11 is 0. The van der Waals surface area contributed by atoms with Gasteiger partial charge in [-0.2, -0.15) is 0 Å². The minimum atomic E-state index is -1.04. The van der Waals surface area contributed by atoms with Gasteiger partial charge < -0.3 is 0 Å². The summed E-state index contributed by atoms with van der Waals surface area (Å²) < 4.78 is 38.9. The summed E-state index contributed by atoms with van der Waals surface area (Å²) in [5.41, 5.74) is 0.710. The molecule has 2 rings (SSSR count). The van der Waals surface area contributed by atoms with Crippen molar-refractivity contribution in [3.63, 3.8) is 0 Å². The summed E-state index contributed by atoms with van der Waals surface area (Å²) in [5, 5.41) is 0. The van der Waals surface area contributed by atoms with Gasteiger partial charge >= 0.3 is 0 Å². The fourth-order valence-corrected chi connectivity index (χ4v) is 1.54. The van der Waals surface area contributed by atoms with Gasteiger partial charge in [-0.15, -0.1) is 0 Å². The quantitative estimate of drug-likeness (QED) is 0.728. The maximum absolute atomic E-state index is 13.1. The zero-order valence-corrected chi connectivity index (χ0v) is 8.58. The largest absolute Gasteiger partial charge is 0.298 e. The van der Waals surface area contributed by atoms with E-state index in [0.717, 1.165) is 24.3 Å². The van der Waals surface area contributed by atoms with E-state index in [0.29, 0.717) is 6.29 Å². The molecule has 0 aliphatic heterocycles. The Morgan fingerprint density at radius 2 is 1.65 bits per heavy atom. The summed E-state index contributed by atoms with van der Waals surface area (Å²) in [7, 11) is 0. The van der Waals surface area contributed by atoms with E-state index in [2.05, 4.69) is 0 Å². The summed E-state index contributed by atoms with van der Waals surface area (Å²) in [5.74, 6) is -2.57. The Morgan fingerprint density at radius 3 is 2.29 bits per heavy atom. The standard InChI is InChI=1S/C13H7F3O/c14-10-3-1-9(7-17)11(6-10)8-2-4-12(15)13(16)5-8/h1-7H. The second kappa shape index (κ2) is 4.41. The fourth-order valence-electron chi connectivity index (χ4n) is 1.54. The van der Waals surface area contributed by atoms with E-state index >= 15 is 0 Å². The SMILES string of the molecule is O=Cc1ccc(F)cc1-c1ccc(F)c(F)c1. The molecule has 0 bridgehead atoms. The predicted octanol–water partition coefficient (Wildman–Crippen LogP) is 3.58. The fraction of sp³-hybridized carbons (Fsp3) is 0. The lowest BCUT2D eigenvalue weighted by Gasteiger charge is -2.05. The highest BCUT2D eigenvalue weighted by atomic mass is 19.2. The van der Waals surface area contributed by atoms with Gasteiger partial charge in [0.15, 0.2) is 17.9 Å². The maximum atomic E-state index is 13.1. The minimum absolute atomic E-state index is 0.220. The third kappa shape index (κ3) is 2.20. The lowest BCUT2D eigenvalue weighted by Crippen LogP contribution is -1.91. The molecule has 0 N–H and O–H groups in total. The molecule has 0 aromatic heterocycles. The van der Waals surface area contributed by atoms with Crippen molar-refractivity contribution in [2.45, 2.75) is 0 Å². The molecule has 0 aliphatic carbocycles. The molecule has 86 valence electrons. The predicted molar refractivity (Wildman–Crippen MR) is 57.1 cm³/mol. The number of rotatable bonds is 2. The first kappa shape index (κ1) is 11.4. The van der Waals surface area contributed by atoms with Crippen LogP contribution < -0.4 is 0 Å². The van der Waals surface area contributed by atoms with Gasteiger partial charge in [0.2, 0.25) is 0 Å². The van der Waals surface area contributed by atoms with Gasteiger partial charge in [-0.25, -0.2) is 13.2 Å². The number of carbonyl (C=O) groups excluding carboxylic acids is 1. The third-order valence-corrected chi connectivity index (χ3v) is 2.37. The van der Waals surface area contributed by atoms with Gasteiger partial charge in [0, 0.05) is 5.56 Å². The molecule has 0 unspecified atom stereocenters. The lowest BCUT2D eigenvalue weighted by atomic mass is 10.00. The van der Waals surface area contributed by atoms with Gasteiger partial charge in [-0.1, -0.05) is 6.07 Å². The van der Waals surface area contributed by atoms with Crippen LogP contribution in [0.3, 0.4) is 0 Å². The Morgan fingerprint density at radius 1 is 0.882 bits per heavy atom. The van der Waals surface area contributed by atoms with Gasteiger partial charge in [0.05, 0.1) is 0 Å². The normalized spacial score (nSPS) is 10.3. The lowest BCUT2D eigenvalue weighted by molar-refractivity contribution is 0.112. The van der Waals surface area contributed by atoms with Crippen LogP contribution in [0.15, 0.2) is 36.4 Å². The van der Waals surface area contributed by atoms with Crippen molar-refractivity contribution >= 4 is 6.29 Å². The van der Waals surface area contributed by atoms with E-state index in [-0.39, 0.29) is 16.7 Å². The van der Waals surface area contributed by atoms with E-state index in [1.54, 1.807) is 0 Å². The molecule has 0 fully saturated rings. The van der Waals surface area contributed by atoms with Crippen LogP contribution >= 0.6 is 0 Å². The number of benzene rings is 2. The summed E-state index contributed by atoms with van der Waals surface area (Å²) in [6.45, 7) is 0. The molecule has 0 spiro atoms. The molecule has 0 amide bonds. The van der Waals surface area contributed by atoms with Gasteiger partial charge in [-0.05, 0) is 41.5 Å². The van der Waals surface area contributed by atoms with Crippen molar-refractivity contribution in [2.24, 2.45) is 0 Å². The van der Waals surface area contributed by atoms with Crippen molar-refractivity contribution in [2.75, 3.05) is 0 Å². The molecule has 1 nitrogen and oxygen atoms in total. The Hall–Kier alpha value is -2.10. The average Bonchev–Trinajstić information content (AvgIpc) is 2.32. The molecule has 0 atom stereocenters. The molecule has 4 heteroatoms. The topological polar surface area (TPSA) is 17.1 Å². The molecular weight excluding hydrogens is 229 g/mol. The molecule has 0 aliphatic rings. The van der Waals surface area contributed by atoms with Gasteiger partial charge in [0.1, 0.15) is 5.82 Å². The van der Waals surface area contributed by atoms with Gasteiger partial charge in [0.25, 0.3) is 0 Å². The molecule has 0 saturated carbocycles. The van der Waals surface area contributed by atoms with Crippen LogP contribution in [-0.2, 0) is 0 Å². The van der Waals surface area contributed by atoms with E-state index < -0.39 is 17.5 Å². The van der Waals surface area contributed by atoms with Crippen LogP contribution in [-0.4, -0.2) is 6.29 Å². The van der Waals surface area contributed by atoms with E-state index in [1.807, 2.05) is 0 Å². The molecule has 2 aromatic rings. The Balaban J connectivity index is 2.62. The van der Waals surface area contributed by atoms with Crippen LogP contribution in [0.1, 0.15) is 10.4 Å². The molecule has 17 heavy (non-hydrogen) atoms. The molecule has 2 aromatic carbocycles. The van der Waals surface area contributed by atoms with E-state index in [4.69, 9.17) is 0 Å². The van der Waals surface area contributed by atoms with Crippen molar-refractivity contribution in [3.8, 4) is 11.1 Å². The Bertz CT molecular complexity index is 579. The highest BCUT2D eigenvalue weighted by Gasteiger charge is 2.09. The maximum Gasteiger partial charge on any atom is 0.159 e. The van der Waals surface area contributed by atoms with Crippen molar-refractivity contribution in [1.29, 1.82) is 0 Å². The summed E-state index contributed by atoms with van der Waals surface area (Å²) in [6, 6.07) is 6.68. The summed E-state index contributed by atoms with van der Waals surface area (Å²) in [4.78, 5) is 10.8. The van der Waals surface area contributed by atoms with Crippen molar-refractivity contribution in [3.05, 3.63) is 59.4 Å². The minimum Gasteiger partial charge on any atom is -0.298 e. The van der Waals surface area contributed by atoms with Crippen molar-refractivity contribution < 1.29 is 18.0 Å². The van der Waals surface area contributed by atoms with Crippen LogP contribution in [0.25, 0.3) is 11.1 Å².